The molecule has 0 fully saturated rings. The van der Waals surface area contributed by atoms with E-state index in [0.717, 1.165) is 10.0 Å². The summed E-state index contributed by atoms with van der Waals surface area (Å²) < 4.78 is 0.884. The lowest BCUT2D eigenvalue weighted by atomic mass is 10.0. The first kappa shape index (κ1) is 15.1. The molecule has 0 spiro atoms. The average molecular weight is 353 g/mol. The van der Waals surface area contributed by atoms with Crippen LogP contribution < -0.4 is 5.32 Å². The quantitative estimate of drug-likeness (QED) is 0.836. The number of anilines is 1. The van der Waals surface area contributed by atoms with Crippen LogP contribution in [0.4, 0.5) is 5.69 Å². The summed E-state index contributed by atoms with van der Waals surface area (Å²) in [6, 6.07) is 11.4. The summed E-state index contributed by atoms with van der Waals surface area (Å²) >= 11 is 9.41. The van der Waals surface area contributed by atoms with Crippen LogP contribution in [0.15, 0.2) is 40.9 Å². The van der Waals surface area contributed by atoms with Crippen LogP contribution in [0.25, 0.3) is 0 Å². The molecule has 0 saturated heterocycles. The highest BCUT2D eigenvalue weighted by molar-refractivity contribution is 9.10. The smallest absolute Gasteiger partial charge is 0.228 e. The van der Waals surface area contributed by atoms with E-state index in [2.05, 4.69) is 28.2 Å². The van der Waals surface area contributed by atoms with E-state index in [4.69, 9.17) is 11.6 Å². The van der Waals surface area contributed by atoms with Crippen LogP contribution in [0.1, 0.15) is 16.7 Å². The molecule has 1 amide bonds. The topological polar surface area (TPSA) is 29.1 Å². The fourth-order valence-corrected chi connectivity index (χ4v) is 2.60. The van der Waals surface area contributed by atoms with Gasteiger partial charge in [0.2, 0.25) is 5.91 Å². The number of carbonyl (C=O) groups is 1. The number of hydrogen-bond donors (Lipinski definition) is 1. The van der Waals surface area contributed by atoms with Crippen molar-refractivity contribution in [2.24, 2.45) is 0 Å². The molecule has 0 saturated carbocycles. The first-order valence-corrected chi connectivity index (χ1v) is 7.44. The minimum atomic E-state index is -0.0718. The van der Waals surface area contributed by atoms with Crippen LogP contribution >= 0.6 is 27.5 Å². The van der Waals surface area contributed by atoms with Gasteiger partial charge in [0.1, 0.15) is 0 Å². The third kappa shape index (κ3) is 3.84. The number of nitrogens with one attached hydrogen (secondary N) is 1. The molecule has 20 heavy (non-hydrogen) atoms. The van der Waals surface area contributed by atoms with Crippen LogP contribution in [-0.4, -0.2) is 5.91 Å². The number of amides is 1. The van der Waals surface area contributed by atoms with Crippen LogP contribution in [0.3, 0.4) is 0 Å². The maximum atomic E-state index is 12.0. The van der Waals surface area contributed by atoms with Gasteiger partial charge in [0.05, 0.1) is 17.1 Å². The normalized spacial score (nSPS) is 10.4. The van der Waals surface area contributed by atoms with E-state index in [1.165, 1.54) is 11.1 Å². The highest BCUT2D eigenvalue weighted by Gasteiger charge is 2.08. The molecular weight excluding hydrogens is 338 g/mol. The Hall–Kier alpha value is -1.32. The number of carbonyl (C=O) groups excluding carboxylic acids is 1. The Kier molecular flexibility index (Phi) is 4.84. The second-order valence-electron chi connectivity index (χ2n) is 4.77. The number of benzene rings is 2. The molecule has 0 aromatic heterocycles. The number of aryl methyl sites for hydroxylation is 2. The second kappa shape index (κ2) is 6.42. The SMILES string of the molecule is Cc1ccc(CC(=O)Nc2ccc(Br)cc2Cl)cc1C. The Morgan fingerprint density at radius 2 is 1.90 bits per heavy atom. The number of rotatable bonds is 3. The van der Waals surface area contributed by atoms with Crippen molar-refractivity contribution in [3.8, 4) is 0 Å². The predicted octanol–water partition coefficient (Wildman–Crippen LogP) is 4.90. The van der Waals surface area contributed by atoms with Crippen LogP contribution in [0, 0.1) is 13.8 Å². The van der Waals surface area contributed by atoms with Crippen molar-refractivity contribution in [2.45, 2.75) is 20.3 Å². The average Bonchev–Trinajstić information content (AvgIpc) is 2.37. The van der Waals surface area contributed by atoms with Gasteiger partial charge in [0.25, 0.3) is 0 Å². The molecule has 2 aromatic carbocycles. The molecule has 1 N–H and O–H groups in total. The van der Waals surface area contributed by atoms with Crippen LogP contribution in [0.5, 0.6) is 0 Å². The summed E-state index contributed by atoms with van der Waals surface area (Å²) in [5.41, 5.74) is 4.05. The molecule has 104 valence electrons. The van der Waals surface area contributed by atoms with Gasteiger partial charge in [-0.2, -0.15) is 0 Å². The highest BCUT2D eigenvalue weighted by atomic mass is 79.9. The fraction of sp³-hybridized carbons (Fsp3) is 0.188. The summed E-state index contributed by atoms with van der Waals surface area (Å²) in [6.45, 7) is 4.10. The van der Waals surface area contributed by atoms with E-state index in [1.54, 1.807) is 12.1 Å². The van der Waals surface area contributed by atoms with Gasteiger partial charge in [-0.1, -0.05) is 45.7 Å². The lowest BCUT2D eigenvalue weighted by molar-refractivity contribution is -0.115. The molecule has 0 unspecified atom stereocenters. The van der Waals surface area contributed by atoms with Crippen molar-refractivity contribution in [3.63, 3.8) is 0 Å². The van der Waals surface area contributed by atoms with E-state index in [9.17, 15) is 4.79 Å². The third-order valence-electron chi connectivity index (χ3n) is 3.14. The Morgan fingerprint density at radius 1 is 1.15 bits per heavy atom. The molecule has 0 aliphatic carbocycles. The molecule has 0 bridgehead atoms. The first-order chi connectivity index (χ1) is 9.45. The zero-order valence-corrected chi connectivity index (χ0v) is 13.7. The van der Waals surface area contributed by atoms with Gasteiger partial charge in [-0.05, 0) is 48.7 Å². The van der Waals surface area contributed by atoms with E-state index in [1.807, 2.05) is 31.2 Å². The van der Waals surface area contributed by atoms with Gasteiger partial charge >= 0.3 is 0 Å². The maximum Gasteiger partial charge on any atom is 0.228 e. The molecular formula is C16H15BrClNO. The van der Waals surface area contributed by atoms with E-state index in [0.29, 0.717) is 17.1 Å². The van der Waals surface area contributed by atoms with E-state index in [-0.39, 0.29) is 5.91 Å². The minimum absolute atomic E-state index is 0.0718. The van der Waals surface area contributed by atoms with E-state index >= 15 is 0 Å². The Balaban J connectivity index is 2.07. The molecule has 0 radical (unpaired) electrons. The molecule has 0 heterocycles. The second-order valence-corrected chi connectivity index (χ2v) is 6.09. The van der Waals surface area contributed by atoms with Crippen LogP contribution in [-0.2, 0) is 11.2 Å². The van der Waals surface area contributed by atoms with Crippen LogP contribution in [0.2, 0.25) is 5.02 Å². The molecule has 2 rings (SSSR count). The van der Waals surface area contributed by atoms with E-state index < -0.39 is 0 Å². The Labute approximate surface area is 132 Å². The van der Waals surface area contributed by atoms with Crippen molar-refractivity contribution in [3.05, 3.63) is 62.6 Å². The monoisotopic (exact) mass is 351 g/mol. The summed E-state index contributed by atoms with van der Waals surface area (Å²) in [4.78, 5) is 12.0. The number of halogens is 2. The summed E-state index contributed by atoms with van der Waals surface area (Å²) in [5.74, 6) is -0.0718. The van der Waals surface area contributed by atoms with Gasteiger partial charge in [-0.3, -0.25) is 4.79 Å². The van der Waals surface area contributed by atoms with Gasteiger partial charge < -0.3 is 5.32 Å². The van der Waals surface area contributed by atoms with Crippen molar-refractivity contribution < 1.29 is 4.79 Å². The first-order valence-electron chi connectivity index (χ1n) is 6.27. The summed E-state index contributed by atoms with van der Waals surface area (Å²) in [7, 11) is 0. The zero-order chi connectivity index (χ0) is 14.7. The highest BCUT2D eigenvalue weighted by Crippen LogP contribution is 2.25. The van der Waals surface area contributed by atoms with Crippen molar-refractivity contribution in [2.75, 3.05) is 5.32 Å². The molecule has 4 heteroatoms. The lowest BCUT2D eigenvalue weighted by Crippen LogP contribution is -2.14. The van der Waals surface area contributed by atoms with Gasteiger partial charge in [0, 0.05) is 4.47 Å². The standard InChI is InChI=1S/C16H15BrClNO/c1-10-3-4-12(7-11(10)2)8-16(20)19-15-6-5-13(17)9-14(15)18/h3-7,9H,8H2,1-2H3,(H,19,20). The molecule has 0 aliphatic rings. The minimum Gasteiger partial charge on any atom is -0.324 e. The molecule has 2 aromatic rings. The van der Waals surface area contributed by atoms with Gasteiger partial charge in [-0.25, -0.2) is 0 Å². The van der Waals surface area contributed by atoms with Gasteiger partial charge in [-0.15, -0.1) is 0 Å². The van der Waals surface area contributed by atoms with Crippen molar-refractivity contribution in [1.82, 2.24) is 0 Å². The summed E-state index contributed by atoms with van der Waals surface area (Å²) in [5, 5.41) is 3.35. The van der Waals surface area contributed by atoms with Gasteiger partial charge in [0.15, 0.2) is 0 Å². The number of hydrogen-bond acceptors (Lipinski definition) is 1. The molecule has 0 atom stereocenters. The molecule has 0 aliphatic heterocycles. The third-order valence-corrected chi connectivity index (χ3v) is 3.95. The maximum absolute atomic E-state index is 12.0. The van der Waals surface area contributed by atoms with Crippen molar-refractivity contribution in [1.29, 1.82) is 0 Å². The molecule has 2 nitrogen and oxygen atoms in total. The fourth-order valence-electron chi connectivity index (χ4n) is 1.88. The van der Waals surface area contributed by atoms with Crippen molar-refractivity contribution >= 4 is 39.1 Å². The predicted molar refractivity (Wildman–Crippen MR) is 87.4 cm³/mol. The zero-order valence-electron chi connectivity index (χ0n) is 11.3. The Bertz CT molecular complexity index is 655. The largest absolute Gasteiger partial charge is 0.324 e. The lowest BCUT2D eigenvalue weighted by Gasteiger charge is -2.09. The summed E-state index contributed by atoms with van der Waals surface area (Å²) in [6.07, 6.45) is 0.341. The Morgan fingerprint density at radius 3 is 2.55 bits per heavy atom.